The first-order valence-electron chi connectivity index (χ1n) is 4.71. The number of amides is 1. The molecule has 1 amide bonds. The molecule has 0 spiro atoms. The van der Waals surface area contributed by atoms with Crippen LogP contribution in [0, 0.1) is 6.92 Å². The predicted molar refractivity (Wildman–Crippen MR) is 68.9 cm³/mol. The van der Waals surface area contributed by atoms with Crippen LogP contribution in [0.5, 0.6) is 0 Å². The van der Waals surface area contributed by atoms with Gasteiger partial charge in [0.25, 0.3) is 5.91 Å². The first-order valence-corrected chi connectivity index (χ1v) is 5.93. The number of carbonyl (C=O) groups excluding carboxylic acids is 1. The molecule has 0 aliphatic carbocycles. The van der Waals surface area contributed by atoms with Crippen molar-refractivity contribution in [1.29, 1.82) is 0 Å². The van der Waals surface area contributed by atoms with Crippen LogP contribution >= 0.6 is 24.0 Å². The summed E-state index contributed by atoms with van der Waals surface area (Å²) < 4.78 is 2.37. The lowest BCUT2D eigenvalue weighted by Crippen LogP contribution is -2.22. The maximum absolute atomic E-state index is 11.8. The van der Waals surface area contributed by atoms with E-state index in [9.17, 15) is 4.79 Å². The monoisotopic (exact) mass is 253 g/mol. The molecule has 0 aromatic carbocycles. The largest absolute Gasteiger partial charge is 0.296 e. The van der Waals surface area contributed by atoms with Gasteiger partial charge in [-0.25, -0.2) is 0 Å². The van der Waals surface area contributed by atoms with Gasteiger partial charge in [-0.3, -0.25) is 14.4 Å². The summed E-state index contributed by atoms with van der Waals surface area (Å²) in [5, 5.41) is 4.13. The van der Waals surface area contributed by atoms with Crippen molar-refractivity contribution in [2.24, 2.45) is 7.05 Å². The fraction of sp³-hybridized carbons (Fsp3) is 0.300. The average molecular weight is 253 g/mol. The molecule has 2 rings (SSSR count). The summed E-state index contributed by atoms with van der Waals surface area (Å²) in [6.45, 7) is 1.96. The second-order valence-corrected chi connectivity index (χ2v) is 5.23. The zero-order valence-electron chi connectivity index (χ0n) is 9.22. The Morgan fingerprint density at radius 3 is 2.62 bits per heavy atom. The number of hydrogen-bond acceptors (Lipinski definition) is 4. The third-order valence-electron chi connectivity index (χ3n) is 2.55. The van der Waals surface area contributed by atoms with E-state index in [1.165, 1.54) is 16.7 Å². The predicted octanol–water partition coefficient (Wildman–Crippen LogP) is 1.56. The molecule has 16 heavy (non-hydrogen) atoms. The van der Waals surface area contributed by atoms with Gasteiger partial charge in [0.05, 0.1) is 11.1 Å². The second-order valence-electron chi connectivity index (χ2n) is 3.55. The maximum atomic E-state index is 11.8. The van der Waals surface area contributed by atoms with E-state index in [2.05, 4.69) is 5.10 Å². The van der Waals surface area contributed by atoms with Crippen molar-refractivity contribution in [3.05, 3.63) is 22.4 Å². The van der Waals surface area contributed by atoms with Crippen molar-refractivity contribution in [1.82, 2.24) is 14.7 Å². The molecule has 0 unspecified atom stereocenters. The number of likely N-dealkylation sites (N-methyl/N-ethyl adjacent to an activating group) is 1. The van der Waals surface area contributed by atoms with E-state index >= 15 is 0 Å². The van der Waals surface area contributed by atoms with Crippen LogP contribution in [-0.4, -0.2) is 32.0 Å². The van der Waals surface area contributed by atoms with Crippen LogP contribution in [0.2, 0.25) is 0 Å². The minimum Gasteiger partial charge on any atom is -0.296 e. The third-order valence-corrected chi connectivity index (χ3v) is 4.03. The molecule has 0 bridgehead atoms. The number of hydrogen-bond donors (Lipinski definition) is 0. The molecule has 1 saturated heterocycles. The van der Waals surface area contributed by atoms with Crippen LogP contribution in [0.15, 0.2) is 11.1 Å². The van der Waals surface area contributed by atoms with Crippen molar-refractivity contribution in [3.63, 3.8) is 0 Å². The van der Waals surface area contributed by atoms with Gasteiger partial charge in [0, 0.05) is 25.4 Å². The summed E-state index contributed by atoms with van der Waals surface area (Å²) in [6, 6.07) is 0. The van der Waals surface area contributed by atoms with Crippen molar-refractivity contribution >= 4 is 40.3 Å². The Kier molecular flexibility index (Phi) is 2.86. The molecule has 0 N–H and O–H groups in total. The molecule has 1 aliphatic heterocycles. The minimum absolute atomic E-state index is 0.0433. The van der Waals surface area contributed by atoms with Gasteiger partial charge in [-0.2, -0.15) is 5.10 Å². The van der Waals surface area contributed by atoms with Gasteiger partial charge in [0.15, 0.2) is 0 Å². The van der Waals surface area contributed by atoms with Crippen LogP contribution in [0.25, 0.3) is 6.08 Å². The topological polar surface area (TPSA) is 38.1 Å². The number of thiocarbonyl (C=S) groups is 1. The fourth-order valence-electron chi connectivity index (χ4n) is 1.34. The maximum Gasteiger partial charge on any atom is 0.265 e. The lowest BCUT2D eigenvalue weighted by Gasteiger charge is -2.03. The van der Waals surface area contributed by atoms with Gasteiger partial charge in [0.1, 0.15) is 4.32 Å². The van der Waals surface area contributed by atoms with Crippen molar-refractivity contribution in [3.8, 4) is 0 Å². The number of thioether (sulfide) groups is 1. The molecule has 1 fully saturated rings. The lowest BCUT2D eigenvalue weighted by atomic mass is 10.2. The highest BCUT2D eigenvalue weighted by Gasteiger charge is 2.28. The number of aromatic nitrogens is 2. The van der Waals surface area contributed by atoms with E-state index < -0.39 is 0 Å². The lowest BCUT2D eigenvalue weighted by molar-refractivity contribution is -0.121. The van der Waals surface area contributed by atoms with Crippen LogP contribution in [-0.2, 0) is 11.8 Å². The van der Waals surface area contributed by atoms with Crippen molar-refractivity contribution in [2.75, 3.05) is 7.05 Å². The Morgan fingerprint density at radius 2 is 2.19 bits per heavy atom. The van der Waals surface area contributed by atoms with E-state index in [0.29, 0.717) is 9.23 Å². The SMILES string of the molecule is Cc1c(/C=C2/SC(=S)N(C)C2=O)cnn1C. The van der Waals surface area contributed by atoms with Crippen LogP contribution in [0.4, 0.5) is 0 Å². The summed E-state index contributed by atoms with van der Waals surface area (Å²) in [5.74, 6) is -0.0433. The Labute approximate surface area is 103 Å². The molecule has 1 aromatic rings. The third kappa shape index (κ3) is 1.78. The highest BCUT2D eigenvalue weighted by Crippen LogP contribution is 2.31. The van der Waals surface area contributed by atoms with Crippen LogP contribution in [0.1, 0.15) is 11.3 Å². The fourth-order valence-corrected chi connectivity index (χ4v) is 2.51. The summed E-state index contributed by atoms with van der Waals surface area (Å²) >= 11 is 6.38. The highest BCUT2D eigenvalue weighted by molar-refractivity contribution is 8.26. The molecular formula is C10H11N3OS2. The number of rotatable bonds is 1. The van der Waals surface area contributed by atoms with Gasteiger partial charge >= 0.3 is 0 Å². The van der Waals surface area contributed by atoms with E-state index in [1.54, 1.807) is 17.9 Å². The molecule has 0 radical (unpaired) electrons. The summed E-state index contributed by atoms with van der Waals surface area (Å²) in [5.41, 5.74) is 1.98. The smallest absolute Gasteiger partial charge is 0.265 e. The Hall–Kier alpha value is -1.14. The molecule has 1 aromatic heterocycles. The van der Waals surface area contributed by atoms with Gasteiger partial charge in [-0.15, -0.1) is 0 Å². The molecule has 84 valence electrons. The van der Waals surface area contributed by atoms with Crippen molar-refractivity contribution < 1.29 is 4.79 Å². The summed E-state index contributed by atoms with van der Waals surface area (Å²) in [4.78, 5) is 13.9. The normalized spacial score (nSPS) is 18.9. The van der Waals surface area contributed by atoms with Crippen LogP contribution < -0.4 is 0 Å². The number of nitrogens with zero attached hydrogens (tertiary/aromatic N) is 3. The average Bonchev–Trinajstić information content (AvgIpc) is 2.68. The Morgan fingerprint density at radius 1 is 1.50 bits per heavy atom. The Balaban J connectivity index is 2.36. The van der Waals surface area contributed by atoms with Gasteiger partial charge in [-0.1, -0.05) is 24.0 Å². The van der Waals surface area contributed by atoms with Crippen LogP contribution in [0.3, 0.4) is 0 Å². The quantitative estimate of drug-likeness (QED) is 0.562. The van der Waals surface area contributed by atoms with Gasteiger partial charge in [-0.05, 0) is 13.0 Å². The highest BCUT2D eigenvalue weighted by atomic mass is 32.2. The molecule has 0 atom stereocenters. The van der Waals surface area contributed by atoms with Gasteiger partial charge < -0.3 is 0 Å². The van der Waals surface area contributed by atoms with E-state index in [-0.39, 0.29) is 5.91 Å². The summed E-state index contributed by atoms with van der Waals surface area (Å²) in [6.07, 6.45) is 3.59. The first-order chi connectivity index (χ1) is 7.50. The summed E-state index contributed by atoms with van der Waals surface area (Å²) in [7, 11) is 3.56. The van der Waals surface area contributed by atoms with E-state index in [1.807, 2.05) is 20.0 Å². The number of aryl methyl sites for hydroxylation is 1. The van der Waals surface area contributed by atoms with E-state index in [0.717, 1.165) is 11.3 Å². The molecule has 0 saturated carbocycles. The molecule has 2 heterocycles. The zero-order chi connectivity index (χ0) is 11.9. The Bertz CT molecular complexity index is 504. The minimum atomic E-state index is -0.0433. The second kappa shape index (κ2) is 4.03. The molecular weight excluding hydrogens is 242 g/mol. The van der Waals surface area contributed by atoms with Gasteiger partial charge in [0.2, 0.25) is 0 Å². The standard InChI is InChI=1S/C10H11N3OS2/c1-6-7(5-11-13(6)3)4-8-9(14)12(2)10(15)16-8/h4-5H,1-3H3/b8-4+. The molecule has 6 heteroatoms. The molecule has 4 nitrogen and oxygen atoms in total. The zero-order valence-corrected chi connectivity index (χ0v) is 10.9. The first kappa shape index (κ1) is 11.3. The molecule has 1 aliphatic rings. The number of carbonyl (C=O) groups is 1. The van der Waals surface area contributed by atoms with E-state index in [4.69, 9.17) is 12.2 Å². The van der Waals surface area contributed by atoms with Crippen molar-refractivity contribution in [2.45, 2.75) is 6.92 Å².